The fourth-order valence-electron chi connectivity index (χ4n) is 1.67. The van der Waals surface area contributed by atoms with Gasteiger partial charge >= 0.3 is 0 Å². The van der Waals surface area contributed by atoms with Crippen molar-refractivity contribution in [3.63, 3.8) is 0 Å². The first kappa shape index (κ1) is 16.1. The van der Waals surface area contributed by atoms with E-state index in [0.29, 0.717) is 0 Å². The van der Waals surface area contributed by atoms with Gasteiger partial charge in [-0.25, -0.2) is 0 Å². The van der Waals surface area contributed by atoms with Gasteiger partial charge in [0.05, 0.1) is 6.10 Å². The van der Waals surface area contributed by atoms with Gasteiger partial charge in [-0.05, 0) is 25.0 Å². The molecule has 1 aromatic carbocycles. The van der Waals surface area contributed by atoms with Crippen LogP contribution in [0.4, 0.5) is 0 Å². The molecule has 0 aliphatic heterocycles. The summed E-state index contributed by atoms with van der Waals surface area (Å²) >= 11 is 1.88. The lowest BCUT2D eigenvalue weighted by molar-refractivity contribution is 0.105. The Balaban J connectivity index is 2.19. The van der Waals surface area contributed by atoms with E-state index in [9.17, 15) is 0 Å². The van der Waals surface area contributed by atoms with E-state index in [4.69, 9.17) is 4.74 Å². The predicted molar refractivity (Wildman–Crippen MR) is 84.5 cm³/mol. The van der Waals surface area contributed by atoms with Crippen LogP contribution in [0.25, 0.3) is 0 Å². The Labute approximate surface area is 122 Å². The monoisotopic (exact) mass is 276 g/mol. The summed E-state index contributed by atoms with van der Waals surface area (Å²) in [4.78, 5) is 1.33. The minimum Gasteiger partial charge on any atom is -0.380 e. The molecule has 1 aromatic rings. The predicted octanol–water partition coefficient (Wildman–Crippen LogP) is 4.77. The normalized spacial score (nSPS) is 11.7. The molecule has 104 valence electrons. The van der Waals surface area contributed by atoms with Crippen molar-refractivity contribution in [1.82, 2.24) is 0 Å². The third-order valence-electron chi connectivity index (χ3n) is 2.90. The van der Waals surface area contributed by atoms with Crippen LogP contribution >= 0.6 is 11.8 Å². The molecule has 19 heavy (non-hydrogen) atoms. The second-order valence-corrected chi connectivity index (χ2v) is 5.64. The summed E-state index contributed by atoms with van der Waals surface area (Å²) in [6.45, 7) is 2.19. The van der Waals surface area contributed by atoms with Gasteiger partial charge in [0.15, 0.2) is 0 Å². The number of unbranched alkanes of at least 4 members (excludes halogenated alkanes) is 2. The van der Waals surface area contributed by atoms with E-state index in [1.807, 2.05) is 17.8 Å². The second kappa shape index (κ2) is 11.0. The van der Waals surface area contributed by atoms with E-state index in [1.165, 1.54) is 17.7 Å². The Kier molecular flexibility index (Phi) is 9.32. The molecule has 0 saturated carbocycles. The van der Waals surface area contributed by atoms with Crippen molar-refractivity contribution in [3.8, 4) is 11.8 Å². The maximum Gasteiger partial charge on any atom is 0.0688 e. The Bertz CT molecular complexity index is 377. The minimum absolute atomic E-state index is 0.269. The number of methoxy groups -OCH3 is 1. The van der Waals surface area contributed by atoms with Gasteiger partial charge in [-0.3, -0.25) is 0 Å². The van der Waals surface area contributed by atoms with Gasteiger partial charge in [0, 0.05) is 30.6 Å². The SMILES string of the molecule is CCCCC#CC[C@H](CCSc1ccccc1)OC. The lowest BCUT2D eigenvalue weighted by Gasteiger charge is -2.11. The third kappa shape index (κ3) is 7.97. The molecule has 1 rings (SSSR count). The number of hydrogen-bond donors (Lipinski definition) is 0. The van der Waals surface area contributed by atoms with Gasteiger partial charge in [-0.1, -0.05) is 31.5 Å². The van der Waals surface area contributed by atoms with Crippen LogP contribution in [-0.4, -0.2) is 19.0 Å². The molecule has 0 radical (unpaired) electrons. The first-order valence-corrected chi connectivity index (χ1v) is 8.01. The fraction of sp³-hybridized carbons (Fsp3) is 0.529. The van der Waals surface area contributed by atoms with E-state index >= 15 is 0 Å². The standard InChI is InChI=1S/C17H24OS/c1-3-4-5-6-8-11-16(18-2)14-15-19-17-12-9-7-10-13-17/h7,9-10,12-13,16H,3-5,11,14-15H2,1-2H3/t16-/m1/s1. The maximum absolute atomic E-state index is 5.48. The smallest absolute Gasteiger partial charge is 0.0688 e. The summed E-state index contributed by atoms with van der Waals surface area (Å²) in [6, 6.07) is 10.5. The van der Waals surface area contributed by atoms with Crippen LogP contribution in [0.1, 0.15) is 39.0 Å². The molecule has 0 saturated heterocycles. The Hall–Kier alpha value is -0.910. The van der Waals surface area contributed by atoms with E-state index < -0.39 is 0 Å². The zero-order chi connectivity index (χ0) is 13.8. The van der Waals surface area contributed by atoms with Crippen LogP contribution < -0.4 is 0 Å². The molecular weight excluding hydrogens is 252 g/mol. The average molecular weight is 276 g/mol. The molecule has 0 fully saturated rings. The van der Waals surface area contributed by atoms with Crippen molar-refractivity contribution in [2.75, 3.05) is 12.9 Å². The molecule has 0 aromatic heterocycles. The van der Waals surface area contributed by atoms with Gasteiger partial charge in [-0.2, -0.15) is 0 Å². The molecular formula is C17H24OS. The van der Waals surface area contributed by atoms with Crippen LogP contribution in [0.5, 0.6) is 0 Å². The molecule has 0 unspecified atom stereocenters. The van der Waals surface area contributed by atoms with Gasteiger partial charge in [-0.15, -0.1) is 23.6 Å². The van der Waals surface area contributed by atoms with Crippen molar-refractivity contribution in [3.05, 3.63) is 30.3 Å². The van der Waals surface area contributed by atoms with Crippen molar-refractivity contribution in [2.45, 2.75) is 50.0 Å². The topological polar surface area (TPSA) is 9.23 Å². The van der Waals surface area contributed by atoms with Gasteiger partial charge < -0.3 is 4.74 Å². The Morgan fingerprint density at radius 2 is 2.00 bits per heavy atom. The maximum atomic E-state index is 5.48. The van der Waals surface area contributed by atoms with Crippen LogP contribution in [0.15, 0.2) is 35.2 Å². The summed E-state index contributed by atoms with van der Waals surface area (Å²) in [5, 5.41) is 0. The first-order chi connectivity index (χ1) is 9.36. The van der Waals surface area contributed by atoms with E-state index in [-0.39, 0.29) is 6.10 Å². The number of rotatable bonds is 8. The summed E-state index contributed by atoms with van der Waals surface area (Å²) in [5.74, 6) is 7.54. The quantitative estimate of drug-likeness (QED) is 0.384. The zero-order valence-corrected chi connectivity index (χ0v) is 12.8. The highest BCUT2D eigenvalue weighted by molar-refractivity contribution is 7.99. The summed E-state index contributed by atoms with van der Waals surface area (Å²) in [5.41, 5.74) is 0. The Morgan fingerprint density at radius 1 is 1.21 bits per heavy atom. The van der Waals surface area contributed by atoms with Crippen LogP contribution in [0.2, 0.25) is 0 Å². The van der Waals surface area contributed by atoms with Gasteiger partial charge in [0.2, 0.25) is 0 Å². The molecule has 0 aliphatic rings. The molecule has 2 heteroatoms. The molecule has 0 bridgehead atoms. The van der Waals surface area contributed by atoms with Crippen LogP contribution in [0.3, 0.4) is 0 Å². The summed E-state index contributed by atoms with van der Waals surface area (Å²) in [6.07, 6.45) is 5.62. The number of ether oxygens (including phenoxy) is 1. The molecule has 0 heterocycles. The number of thioether (sulfide) groups is 1. The van der Waals surface area contributed by atoms with Gasteiger partial charge in [0.1, 0.15) is 0 Å². The van der Waals surface area contributed by atoms with Crippen molar-refractivity contribution in [1.29, 1.82) is 0 Å². The van der Waals surface area contributed by atoms with E-state index in [1.54, 1.807) is 7.11 Å². The average Bonchev–Trinajstić information content (AvgIpc) is 2.46. The van der Waals surface area contributed by atoms with Crippen molar-refractivity contribution < 1.29 is 4.74 Å². The van der Waals surface area contributed by atoms with E-state index in [0.717, 1.165) is 25.0 Å². The molecule has 0 aliphatic carbocycles. The highest BCUT2D eigenvalue weighted by Gasteiger charge is 2.05. The summed E-state index contributed by atoms with van der Waals surface area (Å²) < 4.78 is 5.48. The highest BCUT2D eigenvalue weighted by atomic mass is 32.2. The number of hydrogen-bond acceptors (Lipinski definition) is 2. The largest absolute Gasteiger partial charge is 0.380 e. The molecule has 1 nitrogen and oxygen atoms in total. The second-order valence-electron chi connectivity index (χ2n) is 4.47. The lowest BCUT2D eigenvalue weighted by atomic mass is 10.2. The molecule has 0 amide bonds. The molecule has 1 atom stereocenters. The fourth-order valence-corrected chi connectivity index (χ4v) is 2.63. The van der Waals surface area contributed by atoms with Crippen molar-refractivity contribution in [2.24, 2.45) is 0 Å². The first-order valence-electron chi connectivity index (χ1n) is 7.03. The van der Waals surface area contributed by atoms with Crippen LogP contribution in [0, 0.1) is 11.8 Å². The minimum atomic E-state index is 0.269. The third-order valence-corrected chi connectivity index (χ3v) is 3.94. The molecule has 0 N–H and O–H groups in total. The summed E-state index contributed by atoms with van der Waals surface area (Å²) in [7, 11) is 1.78. The highest BCUT2D eigenvalue weighted by Crippen LogP contribution is 2.19. The van der Waals surface area contributed by atoms with Crippen LogP contribution in [-0.2, 0) is 4.74 Å². The molecule has 0 spiro atoms. The van der Waals surface area contributed by atoms with E-state index in [2.05, 4.69) is 43.0 Å². The zero-order valence-electron chi connectivity index (χ0n) is 12.0. The van der Waals surface area contributed by atoms with Crippen molar-refractivity contribution >= 4 is 11.8 Å². The lowest BCUT2D eigenvalue weighted by Crippen LogP contribution is -2.10. The number of benzene rings is 1. The van der Waals surface area contributed by atoms with Gasteiger partial charge in [0.25, 0.3) is 0 Å². The Morgan fingerprint density at radius 3 is 2.68 bits per heavy atom.